The highest BCUT2D eigenvalue weighted by Gasteiger charge is 2.19. The van der Waals surface area contributed by atoms with Crippen LogP contribution in [0.5, 0.6) is 0 Å². The molecule has 0 aliphatic heterocycles. The molecule has 0 saturated carbocycles. The molecule has 0 aromatic carbocycles. The molecular formula is C15H31NO2. The molecule has 0 rings (SSSR count). The van der Waals surface area contributed by atoms with Crippen molar-refractivity contribution in [3.05, 3.63) is 0 Å². The number of carbonyl (C=O) groups excluding carboxylic acids is 1. The van der Waals surface area contributed by atoms with Crippen LogP contribution in [0.2, 0.25) is 0 Å². The normalized spacial score (nSPS) is 12.7. The van der Waals surface area contributed by atoms with Crippen molar-refractivity contribution in [2.24, 2.45) is 0 Å². The number of nitrogens with zero attached hydrogens (tertiary/aromatic N) is 1. The second-order valence-corrected chi connectivity index (χ2v) is 4.73. The van der Waals surface area contributed by atoms with E-state index in [1.54, 1.807) is 0 Å². The maximum Gasteiger partial charge on any atom is 0.307 e. The third kappa shape index (κ3) is 7.70. The van der Waals surface area contributed by atoms with Crippen molar-refractivity contribution in [1.82, 2.24) is 4.90 Å². The molecule has 0 amide bonds. The Balaban J connectivity index is 4.19. The lowest BCUT2D eigenvalue weighted by Gasteiger charge is -2.29. The lowest BCUT2D eigenvalue weighted by Crippen LogP contribution is -2.37. The first-order chi connectivity index (χ1) is 8.69. The molecule has 0 bridgehead atoms. The summed E-state index contributed by atoms with van der Waals surface area (Å²) in [4.78, 5) is 14.0. The second-order valence-electron chi connectivity index (χ2n) is 4.73. The van der Waals surface area contributed by atoms with Gasteiger partial charge in [0, 0.05) is 6.04 Å². The number of esters is 1. The van der Waals surface area contributed by atoms with Crippen LogP contribution < -0.4 is 0 Å². The van der Waals surface area contributed by atoms with Gasteiger partial charge in [0.2, 0.25) is 0 Å². The highest BCUT2D eigenvalue weighted by molar-refractivity contribution is 5.70. The predicted octanol–water partition coefficient (Wildman–Crippen LogP) is 3.62. The molecule has 3 heteroatoms. The summed E-state index contributed by atoms with van der Waals surface area (Å²) in [6.45, 7) is 10.9. The number of hydrogen-bond acceptors (Lipinski definition) is 3. The Morgan fingerprint density at radius 2 is 1.72 bits per heavy atom. The minimum Gasteiger partial charge on any atom is -0.466 e. The van der Waals surface area contributed by atoms with Crippen LogP contribution in [-0.2, 0) is 9.53 Å². The molecule has 18 heavy (non-hydrogen) atoms. The van der Waals surface area contributed by atoms with Gasteiger partial charge in [0.1, 0.15) is 0 Å². The SMILES string of the molecule is CCCCCCC(CC(=O)OCC)N(CC)CC. The van der Waals surface area contributed by atoms with Gasteiger partial charge in [0.15, 0.2) is 0 Å². The van der Waals surface area contributed by atoms with Gasteiger partial charge in [0.05, 0.1) is 13.0 Å². The number of carbonyl (C=O) groups is 1. The zero-order valence-corrected chi connectivity index (χ0v) is 12.7. The quantitative estimate of drug-likeness (QED) is 0.418. The summed E-state index contributed by atoms with van der Waals surface area (Å²) >= 11 is 0. The minimum atomic E-state index is -0.0510. The van der Waals surface area contributed by atoms with Crippen molar-refractivity contribution in [2.75, 3.05) is 19.7 Å². The van der Waals surface area contributed by atoms with Gasteiger partial charge >= 0.3 is 5.97 Å². The van der Waals surface area contributed by atoms with Crippen molar-refractivity contribution in [2.45, 2.75) is 72.3 Å². The molecule has 0 fully saturated rings. The van der Waals surface area contributed by atoms with Crippen molar-refractivity contribution in [1.29, 1.82) is 0 Å². The molecule has 0 aromatic rings. The topological polar surface area (TPSA) is 29.5 Å². The Hall–Kier alpha value is -0.570. The number of rotatable bonds is 11. The van der Waals surface area contributed by atoms with Gasteiger partial charge < -0.3 is 9.64 Å². The zero-order chi connectivity index (χ0) is 13.8. The van der Waals surface area contributed by atoms with Crippen LogP contribution >= 0.6 is 0 Å². The summed E-state index contributed by atoms with van der Waals surface area (Å²) in [5, 5.41) is 0. The molecule has 0 heterocycles. The molecule has 0 spiro atoms. The Morgan fingerprint density at radius 1 is 1.06 bits per heavy atom. The number of unbranched alkanes of at least 4 members (excludes halogenated alkanes) is 3. The fourth-order valence-corrected chi connectivity index (χ4v) is 2.37. The van der Waals surface area contributed by atoms with Gasteiger partial charge in [-0.3, -0.25) is 4.79 Å². The lowest BCUT2D eigenvalue weighted by molar-refractivity contribution is -0.144. The van der Waals surface area contributed by atoms with Crippen molar-refractivity contribution >= 4 is 5.97 Å². The predicted molar refractivity (Wildman–Crippen MR) is 76.7 cm³/mol. The standard InChI is InChI=1S/C15H31NO2/c1-5-9-10-11-12-14(16(6-2)7-3)13-15(17)18-8-4/h14H,5-13H2,1-4H3. The Labute approximate surface area is 113 Å². The summed E-state index contributed by atoms with van der Waals surface area (Å²) in [5.41, 5.74) is 0. The average molecular weight is 257 g/mol. The highest BCUT2D eigenvalue weighted by Crippen LogP contribution is 2.15. The summed E-state index contributed by atoms with van der Waals surface area (Å²) in [7, 11) is 0. The monoisotopic (exact) mass is 257 g/mol. The summed E-state index contributed by atoms with van der Waals surface area (Å²) in [6, 6.07) is 0.357. The van der Waals surface area contributed by atoms with E-state index in [1.807, 2.05) is 6.92 Å². The van der Waals surface area contributed by atoms with Crippen molar-refractivity contribution < 1.29 is 9.53 Å². The van der Waals surface area contributed by atoms with Crippen LogP contribution in [0.15, 0.2) is 0 Å². The molecular weight excluding hydrogens is 226 g/mol. The first-order valence-corrected chi connectivity index (χ1v) is 7.59. The van der Waals surface area contributed by atoms with Crippen molar-refractivity contribution in [3.63, 3.8) is 0 Å². The Kier molecular flexibility index (Phi) is 11.2. The van der Waals surface area contributed by atoms with Gasteiger partial charge in [-0.05, 0) is 26.4 Å². The molecule has 0 aromatic heterocycles. The first-order valence-electron chi connectivity index (χ1n) is 7.59. The van der Waals surface area contributed by atoms with Crippen LogP contribution in [0, 0.1) is 0 Å². The van der Waals surface area contributed by atoms with Gasteiger partial charge in [-0.1, -0.05) is 46.5 Å². The third-order valence-electron chi connectivity index (χ3n) is 3.43. The summed E-state index contributed by atoms with van der Waals surface area (Å²) in [5.74, 6) is -0.0510. The van der Waals surface area contributed by atoms with E-state index >= 15 is 0 Å². The number of hydrogen-bond donors (Lipinski definition) is 0. The Morgan fingerprint density at radius 3 is 2.22 bits per heavy atom. The van der Waals surface area contributed by atoms with E-state index in [1.165, 1.54) is 25.7 Å². The Bertz CT molecular complexity index is 203. The summed E-state index contributed by atoms with van der Waals surface area (Å²) < 4.78 is 5.07. The largest absolute Gasteiger partial charge is 0.466 e. The highest BCUT2D eigenvalue weighted by atomic mass is 16.5. The molecule has 1 unspecified atom stereocenters. The molecule has 0 saturated heterocycles. The van der Waals surface area contributed by atoms with Gasteiger partial charge in [-0.2, -0.15) is 0 Å². The maximum absolute atomic E-state index is 11.6. The minimum absolute atomic E-state index is 0.0510. The smallest absolute Gasteiger partial charge is 0.307 e. The fourth-order valence-electron chi connectivity index (χ4n) is 2.37. The molecule has 0 aliphatic carbocycles. The van der Waals surface area contributed by atoms with Crippen LogP contribution in [0.25, 0.3) is 0 Å². The van der Waals surface area contributed by atoms with Crippen LogP contribution in [-0.4, -0.2) is 36.6 Å². The maximum atomic E-state index is 11.6. The van der Waals surface area contributed by atoms with Crippen LogP contribution in [0.3, 0.4) is 0 Å². The van der Waals surface area contributed by atoms with E-state index < -0.39 is 0 Å². The van der Waals surface area contributed by atoms with E-state index in [2.05, 4.69) is 25.7 Å². The van der Waals surface area contributed by atoms with Gasteiger partial charge in [-0.25, -0.2) is 0 Å². The van der Waals surface area contributed by atoms with E-state index in [4.69, 9.17) is 4.74 Å². The molecule has 0 radical (unpaired) electrons. The lowest BCUT2D eigenvalue weighted by atomic mass is 10.0. The van der Waals surface area contributed by atoms with Gasteiger partial charge in [-0.15, -0.1) is 0 Å². The molecule has 3 nitrogen and oxygen atoms in total. The van der Waals surface area contributed by atoms with E-state index in [0.717, 1.165) is 19.5 Å². The molecule has 1 atom stereocenters. The molecule has 0 aliphatic rings. The average Bonchev–Trinajstić information content (AvgIpc) is 2.36. The third-order valence-corrected chi connectivity index (χ3v) is 3.43. The molecule has 108 valence electrons. The second kappa shape index (κ2) is 11.5. The zero-order valence-electron chi connectivity index (χ0n) is 12.7. The van der Waals surface area contributed by atoms with Crippen LogP contribution in [0.1, 0.15) is 66.2 Å². The van der Waals surface area contributed by atoms with E-state index in [-0.39, 0.29) is 5.97 Å². The number of ether oxygens (including phenoxy) is 1. The van der Waals surface area contributed by atoms with Crippen molar-refractivity contribution in [3.8, 4) is 0 Å². The summed E-state index contributed by atoms with van der Waals surface area (Å²) in [6.07, 6.45) is 6.70. The fraction of sp³-hybridized carbons (Fsp3) is 0.933. The van der Waals surface area contributed by atoms with Crippen LogP contribution in [0.4, 0.5) is 0 Å². The van der Waals surface area contributed by atoms with E-state index in [0.29, 0.717) is 19.1 Å². The van der Waals surface area contributed by atoms with Gasteiger partial charge in [0.25, 0.3) is 0 Å². The van der Waals surface area contributed by atoms with E-state index in [9.17, 15) is 4.79 Å². The molecule has 0 N–H and O–H groups in total. The first kappa shape index (κ1) is 17.4.